The van der Waals surface area contributed by atoms with Gasteiger partial charge in [-0.3, -0.25) is 14.4 Å². The van der Waals surface area contributed by atoms with E-state index in [9.17, 15) is 19.5 Å². The van der Waals surface area contributed by atoms with E-state index in [1.54, 1.807) is 19.9 Å². The van der Waals surface area contributed by atoms with Gasteiger partial charge in [-0.25, -0.2) is 4.98 Å². The number of aromatic nitrogens is 2. The maximum Gasteiger partial charge on any atom is 0.319 e. The SMILES string of the molecule is CC.CCC/C=C(C=O)\C=C/C(C)NC(=O)c1nc(/C2=C/CC=C(SC(C)(C)C(=O)O)/C=C\C2)n(CCCCC)c1C. The van der Waals surface area contributed by atoms with Crippen molar-refractivity contribution in [3.05, 3.63) is 70.2 Å². The summed E-state index contributed by atoms with van der Waals surface area (Å²) >= 11 is 1.34. The lowest BCUT2D eigenvalue weighted by Gasteiger charge is -2.19. The molecule has 1 aliphatic carbocycles. The van der Waals surface area contributed by atoms with Crippen LogP contribution in [0.5, 0.6) is 0 Å². The Morgan fingerprint density at radius 1 is 1.19 bits per heavy atom. The third-order valence-corrected chi connectivity index (χ3v) is 7.86. The van der Waals surface area contributed by atoms with Crippen molar-refractivity contribution in [2.75, 3.05) is 0 Å². The molecule has 1 amide bonds. The van der Waals surface area contributed by atoms with Crippen LogP contribution in [0.3, 0.4) is 0 Å². The first-order valence-corrected chi connectivity index (χ1v) is 16.1. The molecule has 0 radical (unpaired) electrons. The predicted octanol–water partition coefficient (Wildman–Crippen LogP) is 8.22. The summed E-state index contributed by atoms with van der Waals surface area (Å²) in [5.74, 6) is -0.290. The molecule has 8 heteroatoms. The molecule has 2 N–H and O–H groups in total. The Hall–Kier alpha value is -3.13. The number of thioether (sulfide) groups is 1. The molecular weight excluding hydrogens is 546 g/mol. The zero-order valence-corrected chi connectivity index (χ0v) is 27.6. The van der Waals surface area contributed by atoms with Gasteiger partial charge in [-0.05, 0) is 59.0 Å². The van der Waals surface area contributed by atoms with E-state index in [0.29, 0.717) is 24.1 Å². The monoisotopic (exact) mass is 597 g/mol. The van der Waals surface area contributed by atoms with Crippen molar-refractivity contribution in [2.24, 2.45) is 0 Å². The van der Waals surface area contributed by atoms with Gasteiger partial charge in [-0.15, -0.1) is 11.8 Å². The molecule has 0 spiro atoms. The van der Waals surface area contributed by atoms with E-state index in [0.717, 1.165) is 66.9 Å². The van der Waals surface area contributed by atoms with Gasteiger partial charge in [0.25, 0.3) is 5.91 Å². The normalized spacial score (nSPS) is 16.7. The first kappa shape index (κ1) is 36.9. The second-order valence-electron chi connectivity index (χ2n) is 10.6. The highest BCUT2D eigenvalue weighted by Gasteiger charge is 2.29. The van der Waals surface area contributed by atoms with Crippen LogP contribution in [0.4, 0.5) is 0 Å². The van der Waals surface area contributed by atoms with Gasteiger partial charge in [0, 0.05) is 28.8 Å². The highest BCUT2D eigenvalue weighted by Crippen LogP contribution is 2.34. The van der Waals surface area contributed by atoms with Gasteiger partial charge in [-0.1, -0.05) is 89.5 Å². The number of nitrogens with zero attached hydrogens (tertiary/aromatic N) is 2. The van der Waals surface area contributed by atoms with Crippen LogP contribution in [0.1, 0.15) is 115 Å². The summed E-state index contributed by atoms with van der Waals surface area (Å²) in [6.45, 7) is 16.2. The summed E-state index contributed by atoms with van der Waals surface area (Å²) in [7, 11) is 0. The highest BCUT2D eigenvalue weighted by atomic mass is 32.2. The number of carbonyl (C=O) groups excluding carboxylic acids is 2. The van der Waals surface area contributed by atoms with Gasteiger partial charge in [0.1, 0.15) is 22.6 Å². The molecule has 1 aromatic heterocycles. The van der Waals surface area contributed by atoms with Gasteiger partial charge in [0.2, 0.25) is 0 Å². The minimum atomic E-state index is -0.913. The van der Waals surface area contributed by atoms with Gasteiger partial charge < -0.3 is 15.0 Å². The molecule has 7 nitrogen and oxygen atoms in total. The predicted molar refractivity (Wildman–Crippen MR) is 177 cm³/mol. The van der Waals surface area contributed by atoms with Crippen molar-refractivity contribution in [2.45, 2.75) is 118 Å². The maximum atomic E-state index is 13.3. The second-order valence-corrected chi connectivity index (χ2v) is 12.3. The third kappa shape index (κ3) is 11.6. The Kier molecular flexibility index (Phi) is 16.8. The number of hydrogen-bond donors (Lipinski definition) is 2. The van der Waals surface area contributed by atoms with Crippen LogP contribution in [0.25, 0.3) is 5.57 Å². The molecule has 0 fully saturated rings. The Morgan fingerprint density at radius 2 is 1.90 bits per heavy atom. The molecule has 0 saturated heterocycles. The summed E-state index contributed by atoms with van der Waals surface area (Å²) in [5.41, 5.74) is 2.88. The van der Waals surface area contributed by atoms with Crippen LogP contribution in [-0.4, -0.2) is 43.6 Å². The smallest absolute Gasteiger partial charge is 0.319 e. The Labute approximate surface area is 257 Å². The number of amides is 1. The number of imidazole rings is 1. The van der Waals surface area contributed by atoms with Crippen LogP contribution >= 0.6 is 11.8 Å². The van der Waals surface area contributed by atoms with E-state index in [1.165, 1.54) is 11.8 Å². The lowest BCUT2D eigenvalue weighted by atomic mass is 10.1. The largest absolute Gasteiger partial charge is 0.480 e. The molecule has 0 aliphatic heterocycles. The van der Waals surface area contributed by atoms with Crippen molar-refractivity contribution >= 4 is 35.5 Å². The Balaban J connectivity index is 0.00000431. The summed E-state index contributed by atoms with van der Waals surface area (Å²) in [5, 5.41) is 12.5. The van der Waals surface area contributed by atoms with Crippen LogP contribution in [0, 0.1) is 6.92 Å². The molecule has 2 rings (SSSR count). The number of carboxylic acid groups (broad SMARTS) is 1. The number of nitrogens with one attached hydrogen (secondary N) is 1. The second kappa shape index (κ2) is 19.1. The van der Waals surface area contributed by atoms with Gasteiger partial charge in [0.15, 0.2) is 0 Å². The van der Waals surface area contributed by atoms with Crippen LogP contribution in [0.2, 0.25) is 0 Å². The average Bonchev–Trinajstić information content (AvgIpc) is 3.27. The van der Waals surface area contributed by atoms with Crippen LogP contribution in [-0.2, 0) is 16.1 Å². The summed E-state index contributed by atoms with van der Waals surface area (Å²) in [4.78, 5) is 41.9. The fourth-order valence-corrected chi connectivity index (χ4v) is 5.22. The van der Waals surface area contributed by atoms with Crippen molar-refractivity contribution in [1.29, 1.82) is 0 Å². The molecule has 0 saturated carbocycles. The van der Waals surface area contributed by atoms with Gasteiger partial charge in [0.05, 0.1) is 0 Å². The van der Waals surface area contributed by atoms with E-state index >= 15 is 0 Å². The summed E-state index contributed by atoms with van der Waals surface area (Å²) in [6, 6.07) is -0.273. The molecule has 1 atom stereocenters. The van der Waals surface area contributed by atoms with E-state index in [1.807, 2.05) is 58.1 Å². The molecular formula is C34H51N3O4S. The lowest BCUT2D eigenvalue weighted by Crippen LogP contribution is -2.32. The van der Waals surface area contributed by atoms with Crippen molar-refractivity contribution in [3.8, 4) is 0 Å². The zero-order chi connectivity index (χ0) is 31.7. The number of unbranched alkanes of at least 4 members (excludes halogenated alkanes) is 3. The summed E-state index contributed by atoms with van der Waals surface area (Å²) in [6.07, 6.45) is 20.7. The number of hydrogen-bond acceptors (Lipinski definition) is 5. The number of aldehydes is 1. The zero-order valence-electron chi connectivity index (χ0n) is 26.8. The quantitative estimate of drug-likeness (QED) is 0.0914. The number of carboxylic acids is 1. The van der Waals surface area contributed by atoms with Crippen LogP contribution < -0.4 is 5.32 Å². The van der Waals surface area contributed by atoms with E-state index < -0.39 is 10.7 Å². The molecule has 1 unspecified atom stereocenters. The van der Waals surface area contributed by atoms with E-state index in [2.05, 4.69) is 29.8 Å². The number of carbonyl (C=O) groups is 3. The first-order chi connectivity index (χ1) is 20.0. The average molecular weight is 598 g/mol. The van der Waals surface area contributed by atoms with Gasteiger partial charge >= 0.3 is 5.97 Å². The Bertz CT molecular complexity index is 1200. The fraction of sp³-hybridized carbons (Fsp3) is 0.529. The van der Waals surface area contributed by atoms with E-state index in [4.69, 9.17) is 4.98 Å². The third-order valence-electron chi connectivity index (χ3n) is 6.64. The standard InChI is InChI=1S/C32H45N3O4S.C2H6/c1-7-9-11-21-35-24(4)28(30(37)33-23(3)19-20-25(22-36)14-10-8-2)34-29(35)26-15-12-17-27(18-13-16-26)40-32(5,6)31(38)39;1-2/h12,14,16-20,22-23H,7-11,13,15,21H2,1-6H3,(H,33,37)(H,38,39);1-2H3/b17-12-,20-19-,25-14+,26-16+,27-18?;. The molecule has 1 aromatic rings. The molecule has 0 aromatic carbocycles. The van der Waals surface area contributed by atoms with Crippen LogP contribution in [0.15, 0.2) is 53.0 Å². The first-order valence-electron chi connectivity index (χ1n) is 15.2. The number of aliphatic carboxylic acids is 1. The van der Waals surface area contributed by atoms with E-state index in [-0.39, 0.29) is 11.9 Å². The van der Waals surface area contributed by atoms with Crippen molar-refractivity contribution < 1.29 is 19.5 Å². The molecule has 42 heavy (non-hydrogen) atoms. The topological polar surface area (TPSA) is 101 Å². The van der Waals surface area contributed by atoms with Crippen molar-refractivity contribution in [1.82, 2.24) is 14.9 Å². The molecule has 1 heterocycles. The minimum Gasteiger partial charge on any atom is -0.480 e. The maximum absolute atomic E-state index is 13.3. The summed E-state index contributed by atoms with van der Waals surface area (Å²) < 4.78 is 1.24. The molecule has 0 bridgehead atoms. The highest BCUT2D eigenvalue weighted by molar-refractivity contribution is 8.05. The number of rotatable bonds is 15. The number of allylic oxidation sites excluding steroid dienone is 8. The fourth-order valence-electron chi connectivity index (χ4n) is 4.20. The Morgan fingerprint density at radius 3 is 2.52 bits per heavy atom. The minimum absolute atomic E-state index is 0.244. The van der Waals surface area contributed by atoms with Crippen molar-refractivity contribution in [3.63, 3.8) is 0 Å². The lowest BCUT2D eigenvalue weighted by molar-refractivity contribution is -0.138. The van der Waals surface area contributed by atoms with Gasteiger partial charge in [-0.2, -0.15) is 0 Å². The molecule has 232 valence electrons. The molecule has 1 aliphatic rings.